The van der Waals surface area contributed by atoms with Crippen LogP contribution in [0.15, 0.2) is 12.3 Å². The van der Waals surface area contributed by atoms with Gasteiger partial charge in [-0.05, 0) is 6.42 Å². The van der Waals surface area contributed by atoms with Gasteiger partial charge >= 0.3 is 0 Å². The Bertz CT molecular complexity index is 230. The minimum Gasteiger partial charge on any atom is -0.493 e. The van der Waals surface area contributed by atoms with Crippen molar-refractivity contribution < 1.29 is 9.22 Å². The SMILES string of the molecule is C=C(C[N+](C)(C)C)OCCCCCCCCCCCC. The summed E-state index contributed by atoms with van der Waals surface area (Å²) in [6, 6.07) is 0. The van der Waals surface area contributed by atoms with Crippen LogP contribution < -0.4 is 0 Å². The van der Waals surface area contributed by atoms with Gasteiger partial charge in [-0.15, -0.1) is 0 Å². The second kappa shape index (κ2) is 12.3. The van der Waals surface area contributed by atoms with Gasteiger partial charge in [0.2, 0.25) is 0 Å². The standard InChI is InChI=1S/C18H38NO/c1-6-7-8-9-10-11-12-13-14-15-16-20-18(2)17-19(3,4)5/h2,6-17H2,1,3-5H3/q+1. The molecule has 0 aromatic heterocycles. The molecular weight excluding hydrogens is 246 g/mol. The smallest absolute Gasteiger partial charge is 0.143 e. The maximum absolute atomic E-state index is 5.68. The van der Waals surface area contributed by atoms with Crippen LogP contribution in [0.4, 0.5) is 0 Å². The van der Waals surface area contributed by atoms with E-state index >= 15 is 0 Å². The maximum atomic E-state index is 5.68. The topological polar surface area (TPSA) is 9.23 Å². The van der Waals surface area contributed by atoms with Crippen molar-refractivity contribution in [3.05, 3.63) is 12.3 Å². The molecule has 0 radical (unpaired) electrons. The molecule has 0 aliphatic rings. The van der Waals surface area contributed by atoms with E-state index in [1.165, 1.54) is 64.2 Å². The molecule has 0 saturated heterocycles. The first-order valence-corrected chi connectivity index (χ1v) is 8.56. The number of hydrogen-bond acceptors (Lipinski definition) is 1. The first-order valence-electron chi connectivity index (χ1n) is 8.56. The van der Waals surface area contributed by atoms with Gasteiger partial charge in [-0.1, -0.05) is 71.3 Å². The molecule has 2 heteroatoms. The molecule has 0 aromatic carbocycles. The molecule has 0 aromatic rings. The highest BCUT2D eigenvalue weighted by Gasteiger charge is 2.09. The lowest BCUT2D eigenvalue weighted by molar-refractivity contribution is -0.866. The fourth-order valence-corrected chi connectivity index (χ4v) is 2.38. The highest BCUT2D eigenvalue weighted by molar-refractivity contribution is 4.81. The molecule has 0 spiro atoms. The minimum absolute atomic E-state index is 0.843. The van der Waals surface area contributed by atoms with Crippen molar-refractivity contribution in [3.63, 3.8) is 0 Å². The van der Waals surface area contributed by atoms with Gasteiger partial charge in [0.25, 0.3) is 0 Å². The normalized spacial score (nSPS) is 11.6. The lowest BCUT2D eigenvalue weighted by atomic mass is 10.1. The van der Waals surface area contributed by atoms with Gasteiger partial charge in [0.15, 0.2) is 0 Å². The number of likely N-dealkylation sites (N-methyl/N-ethyl adjacent to an activating group) is 1. The molecule has 2 nitrogen and oxygen atoms in total. The van der Waals surface area contributed by atoms with Crippen LogP contribution in [0.5, 0.6) is 0 Å². The van der Waals surface area contributed by atoms with Crippen molar-refractivity contribution in [1.29, 1.82) is 0 Å². The summed E-state index contributed by atoms with van der Waals surface area (Å²) >= 11 is 0. The molecule has 0 heterocycles. The van der Waals surface area contributed by atoms with E-state index < -0.39 is 0 Å². The Morgan fingerprint density at radius 2 is 1.25 bits per heavy atom. The van der Waals surface area contributed by atoms with Gasteiger partial charge in [0.05, 0.1) is 27.7 Å². The van der Waals surface area contributed by atoms with Crippen molar-refractivity contribution >= 4 is 0 Å². The van der Waals surface area contributed by atoms with E-state index in [-0.39, 0.29) is 0 Å². The molecule has 0 amide bonds. The van der Waals surface area contributed by atoms with E-state index in [2.05, 4.69) is 34.6 Å². The average Bonchev–Trinajstić information content (AvgIpc) is 2.34. The number of unbranched alkanes of at least 4 members (excludes halogenated alkanes) is 9. The summed E-state index contributed by atoms with van der Waals surface area (Å²) in [4.78, 5) is 0. The van der Waals surface area contributed by atoms with Crippen LogP contribution in [0, 0.1) is 0 Å². The summed E-state index contributed by atoms with van der Waals surface area (Å²) in [7, 11) is 6.49. The highest BCUT2D eigenvalue weighted by Crippen LogP contribution is 2.11. The summed E-state index contributed by atoms with van der Waals surface area (Å²) in [6.07, 6.45) is 13.7. The zero-order valence-electron chi connectivity index (χ0n) is 14.5. The molecule has 120 valence electrons. The van der Waals surface area contributed by atoms with Gasteiger partial charge in [-0.3, -0.25) is 0 Å². The average molecular weight is 285 g/mol. The van der Waals surface area contributed by atoms with Crippen LogP contribution in [0.3, 0.4) is 0 Å². The van der Waals surface area contributed by atoms with Gasteiger partial charge < -0.3 is 9.22 Å². The van der Waals surface area contributed by atoms with Crippen LogP contribution in [-0.2, 0) is 4.74 Å². The molecule has 0 saturated carbocycles. The summed E-state index contributed by atoms with van der Waals surface area (Å²) in [5, 5.41) is 0. The third kappa shape index (κ3) is 15.6. The van der Waals surface area contributed by atoms with E-state index in [1.54, 1.807) is 0 Å². The first-order chi connectivity index (χ1) is 9.45. The Labute approximate surface area is 127 Å². The van der Waals surface area contributed by atoms with E-state index in [9.17, 15) is 0 Å². The number of rotatable bonds is 14. The number of nitrogens with zero attached hydrogens (tertiary/aromatic N) is 1. The van der Waals surface area contributed by atoms with E-state index in [1.807, 2.05) is 0 Å². The quantitative estimate of drug-likeness (QED) is 0.244. The molecule has 0 bridgehead atoms. The Kier molecular flexibility index (Phi) is 12.0. The van der Waals surface area contributed by atoms with Crippen molar-refractivity contribution in [2.75, 3.05) is 34.3 Å². The summed E-state index contributed by atoms with van der Waals surface area (Å²) < 4.78 is 6.57. The Morgan fingerprint density at radius 1 is 0.800 bits per heavy atom. The maximum Gasteiger partial charge on any atom is 0.143 e. The van der Waals surface area contributed by atoms with E-state index in [0.717, 1.165) is 23.4 Å². The third-order valence-corrected chi connectivity index (χ3v) is 3.45. The number of ether oxygens (including phenoxy) is 1. The summed E-state index contributed by atoms with van der Waals surface area (Å²) in [6.45, 7) is 8.00. The number of quaternary nitrogens is 1. The molecule has 0 unspecified atom stereocenters. The van der Waals surface area contributed by atoms with Gasteiger partial charge in [-0.2, -0.15) is 0 Å². The molecular formula is C18H38NO+. The van der Waals surface area contributed by atoms with Crippen LogP contribution in [-0.4, -0.2) is 38.8 Å². The van der Waals surface area contributed by atoms with Gasteiger partial charge in [-0.25, -0.2) is 0 Å². The van der Waals surface area contributed by atoms with Gasteiger partial charge in [0, 0.05) is 0 Å². The Morgan fingerprint density at radius 3 is 1.70 bits per heavy atom. The zero-order chi connectivity index (χ0) is 15.3. The highest BCUT2D eigenvalue weighted by atomic mass is 16.5. The van der Waals surface area contributed by atoms with Crippen LogP contribution >= 0.6 is 0 Å². The predicted octanol–water partition coefficient (Wildman–Crippen LogP) is 5.14. The van der Waals surface area contributed by atoms with Crippen LogP contribution in [0.25, 0.3) is 0 Å². The summed E-state index contributed by atoms with van der Waals surface area (Å²) in [5.74, 6) is 0.924. The summed E-state index contributed by atoms with van der Waals surface area (Å²) in [5.41, 5.74) is 0. The van der Waals surface area contributed by atoms with Crippen molar-refractivity contribution in [2.45, 2.75) is 71.1 Å². The number of hydrogen-bond donors (Lipinski definition) is 0. The third-order valence-electron chi connectivity index (χ3n) is 3.45. The Balaban J connectivity index is 3.19. The van der Waals surface area contributed by atoms with Crippen molar-refractivity contribution in [3.8, 4) is 0 Å². The molecule has 0 rings (SSSR count). The molecule has 0 fully saturated rings. The largest absolute Gasteiger partial charge is 0.493 e. The Hall–Kier alpha value is -0.500. The molecule has 0 atom stereocenters. The van der Waals surface area contributed by atoms with Crippen LogP contribution in [0.1, 0.15) is 71.1 Å². The van der Waals surface area contributed by atoms with E-state index in [4.69, 9.17) is 4.74 Å². The second-order valence-corrected chi connectivity index (χ2v) is 7.02. The monoisotopic (exact) mass is 284 g/mol. The molecule has 0 aliphatic carbocycles. The molecule has 0 N–H and O–H groups in total. The predicted molar refractivity (Wildman–Crippen MR) is 89.8 cm³/mol. The zero-order valence-corrected chi connectivity index (χ0v) is 14.5. The lowest BCUT2D eigenvalue weighted by Gasteiger charge is -2.24. The second-order valence-electron chi connectivity index (χ2n) is 7.02. The van der Waals surface area contributed by atoms with E-state index in [0.29, 0.717) is 0 Å². The van der Waals surface area contributed by atoms with Gasteiger partial charge in [0.1, 0.15) is 12.3 Å². The molecule has 0 aliphatic heterocycles. The van der Waals surface area contributed by atoms with Crippen LogP contribution in [0.2, 0.25) is 0 Å². The molecule has 20 heavy (non-hydrogen) atoms. The minimum atomic E-state index is 0.843. The fraction of sp³-hybridized carbons (Fsp3) is 0.889. The van der Waals surface area contributed by atoms with Crippen molar-refractivity contribution in [2.24, 2.45) is 0 Å². The van der Waals surface area contributed by atoms with Crippen molar-refractivity contribution in [1.82, 2.24) is 0 Å². The fourth-order valence-electron chi connectivity index (χ4n) is 2.38. The first kappa shape index (κ1) is 19.5. The lowest BCUT2D eigenvalue weighted by Crippen LogP contribution is -2.36.